The summed E-state index contributed by atoms with van der Waals surface area (Å²) in [5.41, 5.74) is 0. The molecule has 5 nitrogen and oxygen atoms in total. The fraction of sp³-hybridized carbons (Fsp3) is 0.714. The molecule has 0 aliphatic carbocycles. The van der Waals surface area contributed by atoms with Crippen LogP contribution in [0.3, 0.4) is 0 Å². The van der Waals surface area contributed by atoms with E-state index in [4.69, 9.17) is 5.26 Å². The van der Waals surface area contributed by atoms with Crippen molar-refractivity contribution in [3.05, 3.63) is 0 Å². The smallest absolute Gasteiger partial charge is 0.306 e. The third-order valence-electron chi connectivity index (χ3n) is 1.21. The molecule has 0 aliphatic rings. The fourth-order valence-electron chi connectivity index (χ4n) is 0.643. The molecule has 0 rings (SSSR count). The first-order valence-electron chi connectivity index (χ1n) is 3.75. The summed E-state index contributed by atoms with van der Waals surface area (Å²) < 4.78 is 26.3. The van der Waals surface area contributed by atoms with Crippen LogP contribution in [0.25, 0.3) is 0 Å². The number of rotatable bonds is 5. The Balaban J connectivity index is 3.90. The van der Waals surface area contributed by atoms with E-state index < -0.39 is 21.6 Å². The molecule has 0 heterocycles. The lowest BCUT2D eigenvalue weighted by molar-refractivity contribution is -0.142. The zero-order valence-corrected chi connectivity index (χ0v) is 8.13. The SMILES string of the molecule is CCOC(=O)CCS(=O)(=O)CC#N. The third kappa shape index (κ3) is 6.11. The first-order chi connectivity index (χ1) is 6.02. The van der Waals surface area contributed by atoms with Gasteiger partial charge in [-0.3, -0.25) is 4.79 Å². The molecular formula is C7H11NO4S. The lowest BCUT2D eigenvalue weighted by atomic mass is 10.5. The van der Waals surface area contributed by atoms with E-state index in [9.17, 15) is 13.2 Å². The van der Waals surface area contributed by atoms with Gasteiger partial charge in [-0.05, 0) is 6.92 Å². The number of ether oxygens (including phenoxy) is 1. The molecule has 74 valence electrons. The normalized spacial score (nSPS) is 10.5. The van der Waals surface area contributed by atoms with Crippen LogP contribution in [0.4, 0.5) is 0 Å². The van der Waals surface area contributed by atoms with E-state index in [0.29, 0.717) is 0 Å². The molecule has 0 aromatic rings. The summed E-state index contributed by atoms with van der Waals surface area (Å²) in [5, 5.41) is 8.13. The van der Waals surface area contributed by atoms with Gasteiger partial charge in [0.1, 0.15) is 5.75 Å². The van der Waals surface area contributed by atoms with Gasteiger partial charge in [-0.1, -0.05) is 0 Å². The highest BCUT2D eigenvalue weighted by molar-refractivity contribution is 7.91. The topological polar surface area (TPSA) is 84.2 Å². The van der Waals surface area contributed by atoms with Crippen molar-refractivity contribution < 1.29 is 17.9 Å². The molecule has 0 aliphatic heterocycles. The largest absolute Gasteiger partial charge is 0.466 e. The van der Waals surface area contributed by atoms with Crippen LogP contribution in [0.5, 0.6) is 0 Å². The van der Waals surface area contributed by atoms with Crippen molar-refractivity contribution >= 4 is 15.8 Å². The number of sulfone groups is 1. The molecule has 0 radical (unpaired) electrons. The number of esters is 1. The summed E-state index contributed by atoms with van der Waals surface area (Å²) in [7, 11) is -3.41. The van der Waals surface area contributed by atoms with Crippen LogP contribution in [-0.2, 0) is 19.4 Å². The average molecular weight is 205 g/mol. The molecule has 0 N–H and O–H groups in total. The highest BCUT2D eigenvalue weighted by Crippen LogP contribution is 1.95. The number of nitrogens with zero attached hydrogens (tertiary/aromatic N) is 1. The molecule has 0 aromatic heterocycles. The van der Waals surface area contributed by atoms with Gasteiger partial charge in [0, 0.05) is 0 Å². The van der Waals surface area contributed by atoms with Crippen molar-refractivity contribution in [3.8, 4) is 6.07 Å². The van der Waals surface area contributed by atoms with Crippen molar-refractivity contribution in [1.29, 1.82) is 5.26 Å². The molecule has 0 saturated carbocycles. The Morgan fingerprint density at radius 3 is 2.62 bits per heavy atom. The third-order valence-corrected chi connectivity index (χ3v) is 2.60. The number of hydrogen-bond donors (Lipinski definition) is 0. The minimum atomic E-state index is -3.41. The van der Waals surface area contributed by atoms with E-state index in [0.717, 1.165) is 0 Å². The molecule has 0 aromatic carbocycles. The summed E-state index contributed by atoms with van der Waals surface area (Å²) >= 11 is 0. The minimum absolute atomic E-state index is 0.183. The maximum absolute atomic E-state index is 10.9. The maximum atomic E-state index is 10.9. The number of hydrogen-bond acceptors (Lipinski definition) is 5. The Morgan fingerprint density at radius 1 is 1.54 bits per heavy atom. The molecule has 0 unspecified atom stereocenters. The molecule has 0 bridgehead atoms. The van der Waals surface area contributed by atoms with Crippen LogP contribution >= 0.6 is 0 Å². The zero-order chi connectivity index (χ0) is 10.3. The molecule has 6 heteroatoms. The molecular weight excluding hydrogens is 194 g/mol. The van der Waals surface area contributed by atoms with E-state index >= 15 is 0 Å². The Morgan fingerprint density at radius 2 is 2.15 bits per heavy atom. The van der Waals surface area contributed by atoms with Gasteiger partial charge in [0.15, 0.2) is 9.84 Å². The van der Waals surface area contributed by atoms with Crippen LogP contribution in [-0.4, -0.2) is 32.5 Å². The van der Waals surface area contributed by atoms with Gasteiger partial charge >= 0.3 is 5.97 Å². The lowest BCUT2D eigenvalue weighted by Crippen LogP contribution is -2.15. The summed E-state index contributed by atoms with van der Waals surface area (Å²) in [5.74, 6) is -1.42. The number of carbonyl (C=O) groups is 1. The van der Waals surface area contributed by atoms with E-state index in [1.807, 2.05) is 0 Å². The predicted octanol–water partition coefficient (Wildman–Crippen LogP) is -0.122. The Hall–Kier alpha value is -1.09. The summed E-state index contributed by atoms with van der Waals surface area (Å²) in [4.78, 5) is 10.7. The van der Waals surface area contributed by atoms with Gasteiger partial charge in [-0.15, -0.1) is 0 Å². The molecule has 0 amide bonds. The molecule has 13 heavy (non-hydrogen) atoms. The van der Waals surface area contributed by atoms with Gasteiger partial charge in [0.05, 0.1) is 24.8 Å². The fourth-order valence-corrected chi connectivity index (χ4v) is 1.46. The second-order valence-corrected chi connectivity index (χ2v) is 4.49. The Bertz CT molecular complexity index is 301. The van der Waals surface area contributed by atoms with Crippen LogP contribution in [0.1, 0.15) is 13.3 Å². The minimum Gasteiger partial charge on any atom is -0.466 e. The van der Waals surface area contributed by atoms with Crippen molar-refractivity contribution in [2.75, 3.05) is 18.1 Å². The molecule has 0 fully saturated rings. The molecule has 0 spiro atoms. The average Bonchev–Trinajstić information content (AvgIpc) is 2.02. The number of carbonyl (C=O) groups excluding carboxylic acids is 1. The Kier molecular flexibility index (Phi) is 5.07. The van der Waals surface area contributed by atoms with E-state index in [1.165, 1.54) is 6.07 Å². The van der Waals surface area contributed by atoms with E-state index in [1.54, 1.807) is 6.92 Å². The second-order valence-electron chi connectivity index (χ2n) is 2.31. The van der Waals surface area contributed by atoms with Crippen molar-refractivity contribution in [2.45, 2.75) is 13.3 Å². The summed E-state index contributed by atoms with van der Waals surface area (Å²) in [6.45, 7) is 1.87. The highest BCUT2D eigenvalue weighted by atomic mass is 32.2. The zero-order valence-electron chi connectivity index (χ0n) is 7.32. The first kappa shape index (κ1) is 11.9. The van der Waals surface area contributed by atoms with Gasteiger partial charge in [0.25, 0.3) is 0 Å². The first-order valence-corrected chi connectivity index (χ1v) is 5.57. The second kappa shape index (κ2) is 5.54. The summed E-state index contributed by atoms with van der Waals surface area (Å²) in [6, 6.07) is 1.52. The van der Waals surface area contributed by atoms with Gasteiger partial charge in [0.2, 0.25) is 0 Å². The maximum Gasteiger partial charge on any atom is 0.306 e. The van der Waals surface area contributed by atoms with Gasteiger partial charge in [-0.25, -0.2) is 8.42 Å². The van der Waals surface area contributed by atoms with Gasteiger partial charge in [-0.2, -0.15) is 5.26 Å². The van der Waals surface area contributed by atoms with Crippen molar-refractivity contribution in [3.63, 3.8) is 0 Å². The van der Waals surface area contributed by atoms with Crippen LogP contribution in [0.15, 0.2) is 0 Å². The predicted molar refractivity (Wildman–Crippen MR) is 45.5 cm³/mol. The van der Waals surface area contributed by atoms with Crippen LogP contribution in [0, 0.1) is 11.3 Å². The molecule has 0 atom stereocenters. The standard InChI is InChI=1S/C7H11NO4S/c1-2-12-7(9)3-5-13(10,11)6-4-8/h2-3,5-6H2,1H3. The van der Waals surface area contributed by atoms with Crippen LogP contribution in [0.2, 0.25) is 0 Å². The summed E-state index contributed by atoms with van der Waals surface area (Å²) in [6.07, 6.45) is -0.183. The number of nitriles is 1. The van der Waals surface area contributed by atoms with Crippen LogP contribution < -0.4 is 0 Å². The monoisotopic (exact) mass is 205 g/mol. The van der Waals surface area contributed by atoms with E-state index in [-0.39, 0.29) is 18.8 Å². The Labute approximate surface area is 77.2 Å². The van der Waals surface area contributed by atoms with Crippen molar-refractivity contribution in [2.24, 2.45) is 0 Å². The van der Waals surface area contributed by atoms with E-state index in [2.05, 4.69) is 4.74 Å². The quantitative estimate of drug-likeness (QED) is 0.584. The highest BCUT2D eigenvalue weighted by Gasteiger charge is 2.13. The lowest BCUT2D eigenvalue weighted by Gasteiger charge is -2.00. The van der Waals surface area contributed by atoms with Gasteiger partial charge < -0.3 is 4.74 Å². The van der Waals surface area contributed by atoms with Crippen molar-refractivity contribution in [1.82, 2.24) is 0 Å². The molecule has 0 saturated heterocycles.